The second-order valence-corrected chi connectivity index (χ2v) is 5.18. The normalized spacial score (nSPS) is 11.2. The first kappa shape index (κ1) is 15.4. The lowest BCUT2D eigenvalue weighted by Crippen LogP contribution is -2.37. The van der Waals surface area contributed by atoms with Crippen LogP contribution in [-0.2, 0) is 9.53 Å². The molecular weight excluding hydrogens is 202 g/mol. The highest BCUT2D eigenvalue weighted by atomic mass is 16.5. The molecule has 0 fully saturated rings. The molecule has 3 nitrogen and oxygen atoms in total. The summed E-state index contributed by atoms with van der Waals surface area (Å²) < 4.78 is 4.96. The van der Waals surface area contributed by atoms with Crippen molar-refractivity contribution in [1.82, 2.24) is 4.90 Å². The average molecular weight is 229 g/mol. The Balaban J connectivity index is 4.10. The van der Waals surface area contributed by atoms with Crippen LogP contribution in [-0.4, -0.2) is 37.6 Å². The third-order valence-corrected chi connectivity index (χ3v) is 2.26. The van der Waals surface area contributed by atoms with E-state index in [0.29, 0.717) is 24.9 Å². The van der Waals surface area contributed by atoms with Gasteiger partial charge in [0.1, 0.15) is 0 Å². The Morgan fingerprint density at radius 3 is 2.00 bits per heavy atom. The van der Waals surface area contributed by atoms with E-state index in [1.165, 1.54) is 0 Å². The molecule has 0 spiro atoms. The number of nitrogens with zero attached hydrogens (tertiary/aromatic N) is 1. The Kier molecular flexibility index (Phi) is 8.26. The van der Waals surface area contributed by atoms with E-state index in [-0.39, 0.29) is 5.91 Å². The minimum absolute atomic E-state index is 0.263. The molecule has 0 aliphatic heterocycles. The summed E-state index contributed by atoms with van der Waals surface area (Å²) in [6, 6.07) is 0. The number of carbonyl (C=O) groups is 1. The topological polar surface area (TPSA) is 29.5 Å². The molecule has 0 aromatic heterocycles. The zero-order chi connectivity index (χ0) is 12.6. The molecule has 0 atom stereocenters. The van der Waals surface area contributed by atoms with Gasteiger partial charge in [0.25, 0.3) is 0 Å². The lowest BCUT2D eigenvalue weighted by Gasteiger charge is -2.26. The van der Waals surface area contributed by atoms with E-state index >= 15 is 0 Å². The third-order valence-electron chi connectivity index (χ3n) is 2.26. The molecule has 0 aromatic rings. The van der Waals surface area contributed by atoms with Gasteiger partial charge in [-0.3, -0.25) is 4.79 Å². The Morgan fingerprint density at radius 1 is 1.12 bits per heavy atom. The maximum Gasteiger partial charge on any atom is 0.222 e. The molecule has 0 unspecified atom stereocenters. The summed E-state index contributed by atoms with van der Waals surface area (Å²) in [5.74, 6) is 1.33. The molecule has 0 heterocycles. The monoisotopic (exact) mass is 229 g/mol. The summed E-state index contributed by atoms with van der Waals surface area (Å²) in [5, 5.41) is 0. The van der Waals surface area contributed by atoms with Gasteiger partial charge in [-0.1, -0.05) is 27.7 Å². The maximum absolute atomic E-state index is 12.0. The lowest BCUT2D eigenvalue weighted by molar-refractivity contribution is -0.132. The summed E-state index contributed by atoms with van der Waals surface area (Å²) in [6.45, 7) is 11.0. The fourth-order valence-corrected chi connectivity index (χ4v) is 1.69. The molecule has 0 radical (unpaired) electrons. The summed E-state index contributed by atoms with van der Waals surface area (Å²) in [6.07, 6.45) is 1.43. The van der Waals surface area contributed by atoms with Crippen LogP contribution in [0, 0.1) is 11.8 Å². The van der Waals surface area contributed by atoms with Crippen molar-refractivity contribution in [1.29, 1.82) is 0 Å². The van der Waals surface area contributed by atoms with Gasteiger partial charge in [-0.05, 0) is 18.3 Å². The quantitative estimate of drug-likeness (QED) is 0.599. The molecule has 1 amide bonds. The molecule has 0 aliphatic carbocycles. The Hall–Kier alpha value is -0.570. The fourth-order valence-electron chi connectivity index (χ4n) is 1.69. The Morgan fingerprint density at radius 2 is 1.62 bits per heavy atom. The Labute approximate surface area is 100 Å². The fraction of sp³-hybridized carbons (Fsp3) is 0.923. The van der Waals surface area contributed by atoms with Crippen molar-refractivity contribution < 1.29 is 9.53 Å². The van der Waals surface area contributed by atoms with Crippen molar-refractivity contribution in [2.24, 2.45) is 11.8 Å². The number of methoxy groups -OCH3 is 1. The number of amides is 1. The summed E-state index contributed by atoms with van der Waals surface area (Å²) in [5.41, 5.74) is 0. The number of hydrogen-bond donors (Lipinski definition) is 0. The van der Waals surface area contributed by atoms with Gasteiger partial charge in [0.15, 0.2) is 0 Å². The zero-order valence-electron chi connectivity index (χ0n) is 11.5. The SMILES string of the molecule is COCCCC(=O)N(CC(C)C)CC(C)C. The van der Waals surface area contributed by atoms with Crippen LogP contribution in [0.3, 0.4) is 0 Å². The molecule has 0 rings (SSSR count). The largest absolute Gasteiger partial charge is 0.385 e. The van der Waals surface area contributed by atoms with E-state index < -0.39 is 0 Å². The van der Waals surface area contributed by atoms with E-state index in [2.05, 4.69) is 27.7 Å². The van der Waals surface area contributed by atoms with Gasteiger partial charge in [-0.25, -0.2) is 0 Å². The summed E-state index contributed by atoms with van der Waals surface area (Å²) >= 11 is 0. The Bertz CT molecular complexity index is 180. The number of rotatable bonds is 8. The first-order chi connectivity index (χ1) is 7.47. The predicted molar refractivity (Wildman–Crippen MR) is 67.4 cm³/mol. The van der Waals surface area contributed by atoms with Gasteiger partial charge in [0, 0.05) is 33.2 Å². The van der Waals surface area contributed by atoms with Crippen molar-refractivity contribution in [3.05, 3.63) is 0 Å². The minimum Gasteiger partial charge on any atom is -0.385 e. The molecule has 0 aliphatic rings. The molecule has 0 saturated carbocycles. The van der Waals surface area contributed by atoms with E-state index in [1.54, 1.807) is 7.11 Å². The van der Waals surface area contributed by atoms with Crippen LogP contribution in [0.25, 0.3) is 0 Å². The molecule has 0 bridgehead atoms. The van der Waals surface area contributed by atoms with Crippen molar-refractivity contribution in [3.63, 3.8) is 0 Å². The van der Waals surface area contributed by atoms with Gasteiger partial charge in [0.2, 0.25) is 5.91 Å². The maximum atomic E-state index is 12.0. The molecule has 3 heteroatoms. The van der Waals surface area contributed by atoms with Crippen LogP contribution in [0.4, 0.5) is 0 Å². The third kappa shape index (κ3) is 7.69. The van der Waals surface area contributed by atoms with Crippen molar-refractivity contribution in [2.45, 2.75) is 40.5 Å². The van der Waals surface area contributed by atoms with Crippen LogP contribution >= 0.6 is 0 Å². The van der Waals surface area contributed by atoms with Crippen LogP contribution < -0.4 is 0 Å². The highest BCUT2D eigenvalue weighted by molar-refractivity contribution is 5.76. The van der Waals surface area contributed by atoms with Gasteiger partial charge < -0.3 is 9.64 Å². The van der Waals surface area contributed by atoms with Gasteiger partial charge in [0.05, 0.1) is 0 Å². The van der Waals surface area contributed by atoms with Crippen LogP contribution in [0.1, 0.15) is 40.5 Å². The number of ether oxygens (including phenoxy) is 1. The van der Waals surface area contributed by atoms with Gasteiger partial charge in [-0.15, -0.1) is 0 Å². The van der Waals surface area contributed by atoms with Crippen molar-refractivity contribution in [3.8, 4) is 0 Å². The van der Waals surface area contributed by atoms with Crippen LogP contribution in [0.15, 0.2) is 0 Å². The van der Waals surface area contributed by atoms with E-state index in [1.807, 2.05) is 4.90 Å². The highest BCUT2D eigenvalue weighted by Crippen LogP contribution is 2.07. The van der Waals surface area contributed by atoms with E-state index in [0.717, 1.165) is 19.5 Å². The van der Waals surface area contributed by atoms with Crippen LogP contribution in [0.2, 0.25) is 0 Å². The van der Waals surface area contributed by atoms with Crippen molar-refractivity contribution in [2.75, 3.05) is 26.8 Å². The second kappa shape index (κ2) is 8.57. The first-order valence-electron chi connectivity index (χ1n) is 6.24. The van der Waals surface area contributed by atoms with Gasteiger partial charge >= 0.3 is 0 Å². The smallest absolute Gasteiger partial charge is 0.222 e. The van der Waals surface area contributed by atoms with E-state index in [9.17, 15) is 4.79 Å². The number of carbonyl (C=O) groups excluding carboxylic acids is 1. The molecule has 96 valence electrons. The van der Waals surface area contributed by atoms with Crippen LogP contribution in [0.5, 0.6) is 0 Å². The molecule has 0 saturated heterocycles. The summed E-state index contributed by atoms with van der Waals surface area (Å²) in [7, 11) is 1.67. The van der Waals surface area contributed by atoms with E-state index in [4.69, 9.17) is 4.74 Å². The highest BCUT2D eigenvalue weighted by Gasteiger charge is 2.15. The zero-order valence-corrected chi connectivity index (χ0v) is 11.5. The molecule has 16 heavy (non-hydrogen) atoms. The molecular formula is C13H27NO2. The standard InChI is InChI=1S/C13H27NO2/c1-11(2)9-14(10-12(3)4)13(15)7-6-8-16-5/h11-12H,6-10H2,1-5H3. The number of hydrogen-bond acceptors (Lipinski definition) is 2. The lowest BCUT2D eigenvalue weighted by atomic mass is 10.1. The predicted octanol–water partition coefficient (Wildman–Crippen LogP) is 2.55. The second-order valence-electron chi connectivity index (χ2n) is 5.18. The molecule has 0 N–H and O–H groups in total. The molecule has 0 aromatic carbocycles. The summed E-state index contributed by atoms with van der Waals surface area (Å²) in [4.78, 5) is 14.0. The van der Waals surface area contributed by atoms with Crippen molar-refractivity contribution >= 4 is 5.91 Å². The first-order valence-corrected chi connectivity index (χ1v) is 6.24. The average Bonchev–Trinajstić information content (AvgIpc) is 2.15. The van der Waals surface area contributed by atoms with Gasteiger partial charge in [-0.2, -0.15) is 0 Å². The minimum atomic E-state index is 0.263.